The fourth-order valence-electron chi connectivity index (χ4n) is 21.9. The quantitative estimate of drug-likeness (QED) is 0.0905. The minimum Gasteiger partial charge on any atom is -0.456 e. The van der Waals surface area contributed by atoms with E-state index in [1.807, 2.05) is 36.4 Å². The van der Waals surface area contributed by atoms with Gasteiger partial charge in [-0.1, -0.05) is 396 Å². The predicted molar refractivity (Wildman–Crippen MR) is 619 cm³/mol. The number of benzene rings is 24. The average Bonchev–Trinajstić information content (AvgIpc) is 1.55. The van der Waals surface area contributed by atoms with Crippen molar-refractivity contribution in [2.45, 2.75) is 19.3 Å². The second kappa shape index (κ2) is 37.7. The zero-order chi connectivity index (χ0) is 97.8. The fourth-order valence-corrected chi connectivity index (χ4v) is 21.9. The molecule has 694 valence electrons. The molecule has 0 bridgehead atoms. The summed E-state index contributed by atoms with van der Waals surface area (Å²) in [6.45, 7) is 4.74. The number of anilines is 9. The van der Waals surface area contributed by atoms with Crippen molar-refractivity contribution < 1.29 is 13.3 Å². The average molecular weight is 1880 g/mol. The van der Waals surface area contributed by atoms with E-state index in [9.17, 15) is 0 Å². The van der Waals surface area contributed by atoms with Gasteiger partial charge in [0.05, 0.1) is 5.69 Å². The topological polar surface area (TPSA) is 49.1 Å². The second-order valence-corrected chi connectivity index (χ2v) is 38.6. The van der Waals surface area contributed by atoms with Gasteiger partial charge in [0.15, 0.2) is 0 Å². The summed E-state index contributed by atoms with van der Waals surface area (Å²) in [5.41, 5.74) is 39.8. The standard InChI is InChI=1S/C53H37NO.C46H31NO.C42H29NO/c1-53(2)49-32-39(38-22-29-52-48(31-38)47-15-7-8-17-51(47)55-52)21-27-45(49)46-28-26-42(33-50(46)53)54(41-25-18-34-10-3-4-12-37(34)30-41)40-23-19-36(20-24-40)44-16-9-13-35-11-5-6-14-43(35)44;1-2-10-32(11-3-1)33-20-25-39(26-21-33)47(44-18-9-13-35-12-4-5-16-41(35)44)40-27-22-34(23-28-40)36-14-8-15-37(30-36)38-24-29-46-43(31-38)42-17-6-7-19-45(42)48-46;1-3-10-30(11-4-1)32-18-23-36(24-19-32)43(37-25-20-33(21-26-37)31-12-5-2-6-13-31)38-15-9-14-34(28-38)35-22-27-42-40(29-35)39-16-7-8-17-41(39)44-42/h3-33H,1-2H3;1-31H;1-29H. The summed E-state index contributed by atoms with van der Waals surface area (Å²) < 4.78 is 18.3. The van der Waals surface area contributed by atoms with Gasteiger partial charge in [-0.3, -0.25) is 0 Å². The molecule has 0 saturated heterocycles. The Morgan fingerprint density at radius 3 is 0.925 bits per heavy atom. The summed E-state index contributed by atoms with van der Waals surface area (Å²) in [6, 6.07) is 198. The highest BCUT2D eigenvalue weighted by molar-refractivity contribution is 6.10. The first-order valence-corrected chi connectivity index (χ1v) is 50.3. The van der Waals surface area contributed by atoms with Crippen molar-refractivity contribution >= 4 is 149 Å². The molecule has 0 radical (unpaired) electrons. The van der Waals surface area contributed by atoms with E-state index in [4.69, 9.17) is 13.3 Å². The molecule has 0 amide bonds. The van der Waals surface area contributed by atoms with Crippen molar-refractivity contribution in [1.29, 1.82) is 0 Å². The number of para-hydroxylation sites is 3. The molecule has 6 heteroatoms. The molecule has 3 aromatic heterocycles. The molecule has 0 aliphatic heterocycles. The van der Waals surface area contributed by atoms with Gasteiger partial charge in [-0.15, -0.1) is 0 Å². The molecule has 28 rings (SSSR count). The highest BCUT2D eigenvalue weighted by Gasteiger charge is 2.37. The van der Waals surface area contributed by atoms with E-state index in [0.29, 0.717) is 0 Å². The van der Waals surface area contributed by atoms with Gasteiger partial charge in [0.2, 0.25) is 0 Å². The first kappa shape index (κ1) is 88.1. The van der Waals surface area contributed by atoms with Gasteiger partial charge in [0.1, 0.15) is 33.5 Å². The van der Waals surface area contributed by atoms with Crippen LogP contribution in [0.4, 0.5) is 51.2 Å². The third kappa shape index (κ3) is 16.8. The van der Waals surface area contributed by atoms with Crippen LogP contribution >= 0.6 is 0 Å². The van der Waals surface area contributed by atoms with Crippen LogP contribution in [0.5, 0.6) is 0 Å². The van der Waals surface area contributed by atoms with E-state index in [1.165, 1.54) is 132 Å². The predicted octanol–water partition coefficient (Wildman–Crippen LogP) is 40.3. The number of hydrogen-bond acceptors (Lipinski definition) is 6. The number of furan rings is 3. The van der Waals surface area contributed by atoms with Crippen LogP contribution in [0, 0.1) is 0 Å². The Balaban J connectivity index is 0.000000113. The maximum atomic E-state index is 6.15. The SMILES string of the molecule is CC1(C)c2cc(-c3ccc4oc5ccccc5c4c3)ccc2-c2ccc(N(c3ccc(-c4cccc5ccccc45)cc3)c3ccc4ccccc4c3)cc21.c1ccc(-c2ccc(N(c3ccc(-c4cccc(-c5ccc6oc7ccccc7c6c5)c4)cc3)c3cccc4ccccc34)cc2)cc1.c1ccc(-c2ccc(N(c3ccc(-c4ccccc4)cc3)c3cccc(-c4ccc5oc6ccccc6c5c4)c3)cc2)cc1. The van der Waals surface area contributed by atoms with Crippen molar-refractivity contribution in [2.24, 2.45) is 0 Å². The van der Waals surface area contributed by atoms with Crippen LogP contribution in [0.3, 0.4) is 0 Å². The monoisotopic (exact) mass is 1880 g/mol. The first-order chi connectivity index (χ1) is 72.6. The lowest BCUT2D eigenvalue weighted by Crippen LogP contribution is -2.16. The molecule has 1 aliphatic rings. The summed E-state index contributed by atoms with van der Waals surface area (Å²) in [6.07, 6.45) is 0. The van der Waals surface area contributed by atoms with Gasteiger partial charge in [0, 0.05) is 88.6 Å². The minimum atomic E-state index is -0.198. The minimum absolute atomic E-state index is 0.198. The van der Waals surface area contributed by atoms with Crippen LogP contribution in [0.25, 0.3) is 198 Å². The van der Waals surface area contributed by atoms with Crippen LogP contribution in [0.2, 0.25) is 0 Å². The van der Waals surface area contributed by atoms with Gasteiger partial charge in [0.25, 0.3) is 0 Å². The molecule has 6 nitrogen and oxygen atoms in total. The van der Waals surface area contributed by atoms with Gasteiger partial charge in [-0.25, -0.2) is 0 Å². The van der Waals surface area contributed by atoms with Crippen LogP contribution in [0.15, 0.2) is 565 Å². The molecule has 0 atom stereocenters. The van der Waals surface area contributed by atoms with Gasteiger partial charge in [-0.05, 0) is 308 Å². The Bertz CT molecular complexity index is 9530. The van der Waals surface area contributed by atoms with E-state index in [1.54, 1.807) is 0 Å². The molecule has 27 aromatic rings. The van der Waals surface area contributed by atoms with Crippen molar-refractivity contribution in [3.63, 3.8) is 0 Å². The molecular weight excluding hydrogens is 1780 g/mol. The zero-order valence-corrected chi connectivity index (χ0v) is 81.1. The number of fused-ring (bicyclic) bond motifs is 15. The molecule has 0 fully saturated rings. The van der Waals surface area contributed by atoms with E-state index >= 15 is 0 Å². The Labute approximate surface area is 853 Å². The summed E-state index contributed by atoms with van der Waals surface area (Å²) in [5, 5.41) is 14.3. The van der Waals surface area contributed by atoms with Gasteiger partial charge in [-0.2, -0.15) is 0 Å². The second-order valence-electron chi connectivity index (χ2n) is 38.6. The molecule has 24 aromatic carbocycles. The molecular formula is C141H97N3O3. The van der Waals surface area contributed by atoms with Gasteiger partial charge >= 0.3 is 0 Å². The van der Waals surface area contributed by atoms with E-state index in [-0.39, 0.29) is 5.41 Å². The molecule has 0 spiro atoms. The normalized spacial score (nSPS) is 11.9. The Kier molecular flexibility index (Phi) is 22.6. The lowest BCUT2D eigenvalue weighted by molar-refractivity contribution is 0.660. The third-order valence-corrected chi connectivity index (χ3v) is 29.4. The maximum Gasteiger partial charge on any atom is 0.135 e. The highest BCUT2D eigenvalue weighted by atomic mass is 16.3. The van der Waals surface area contributed by atoms with Crippen LogP contribution < -0.4 is 14.7 Å². The maximum absolute atomic E-state index is 6.15. The molecule has 147 heavy (non-hydrogen) atoms. The van der Waals surface area contributed by atoms with Gasteiger partial charge < -0.3 is 28.0 Å². The molecule has 0 N–H and O–H groups in total. The molecule has 3 heterocycles. The van der Waals surface area contributed by atoms with Crippen molar-refractivity contribution in [3.8, 4) is 100 Å². The fraction of sp³-hybridized carbons (Fsp3) is 0.0213. The molecule has 1 aliphatic carbocycles. The van der Waals surface area contributed by atoms with Crippen LogP contribution in [-0.4, -0.2) is 0 Å². The number of rotatable bonds is 17. The van der Waals surface area contributed by atoms with Crippen LogP contribution in [-0.2, 0) is 5.41 Å². The lowest BCUT2D eigenvalue weighted by atomic mass is 9.81. The lowest BCUT2D eigenvalue weighted by Gasteiger charge is -2.28. The van der Waals surface area contributed by atoms with Crippen LogP contribution in [0.1, 0.15) is 25.0 Å². The van der Waals surface area contributed by atoms with E-state index < -0.39 is 0 Å². The summed E-state index contributed by atoms with van der Waals surface area (Å²) in [5.74, 6) is 0. The van der Waals surface area contributed by atoms with E-state index in [2.05, 4.69) is 544 Å². The molecule has 0 unspecified atom stereocenters. The number of hydrogen-bond donors (Lipinski definition) is 0. The summed E-state index contributed by atoms with van der Waals surface area (Å²) in [7, 11) is 0. The Hall–Kier alpha value is -19.1. The third-order valence-electron chi connectivity index (χ3n) is 29.4. The number of nitrogens with zero attached hydrogens (tertiary/aromatic N) is 3. The Morgan fingerprint density at radius 1 is 0.143 bits per heavy atom. The largest absolute Gasteiger partial charge is 0.456 e. The van der Waals surface area contributed by atoms with Crippen molar-refractivity contribution in [1.82, 2.24) is 0 Å². The summed E-state index contributed by atoms with van der Waals surface area (Å²) >= 11 is 0. The van der Waals surface area contributed by atoms with Crippen molar-refractivity contribution in [2.75, 3.05) is 14.7 Å². The summed E-state index contributed by atoms with van der Waals surface area (Å²) in [4.78, 5) is 7.11. The molecule has 0 saturated carbocycles. The van der Waals surface area contributed by atoms with Crippen molar-refractivity contribution in [3.05, 3.63) is 563 Å². The first-order valence-electron chi connectivity index (χ1n) is 50.3. The highest BCUT2D eigenvalue weighted by Crippen LogP contribution is 2.54. The Morgan fingerprint density at radius 2 is 0.429 bits per heavy atom. The smallest absolute Gasteiger partial charge is 0.135 e. The zero-order valence-electron chi connectivity index (χ0n) is 81.1. The van der Waals surface area contributed by atoms with E-state index in [0.717, 1.165) is 128 Å².